The van der Waals surface area contributed by atoms with Crippen LogP contribution < -0.4 is 0 Å². The first-order valence-corrected chi connectivity index (χ1v) is 9.11. The SMILES string of the molecule is Fc1ccc(CSc2nnc3sc4ccccc4n23)c(Br)c1. The minimum absolute atomic E-state index is 0.241. The first kappa shape index (κ1) is 14.2. The summed E-state index contributed by atoms with van der Waals surface area (Å²) in [5, 5.41) is 9.36. The second-order valence-electron chi connectivity index (χ2n) is 4.69. The van der Waals surface area contributed by atoms with E-state index in [1.165, 1.54) is 16.8 Å². The third-order valence-corrected chi connectivity index (χ3v) is 6.01. The van der Waals surface area contributed by atoms with Crippen molar-refractivity contribution < 1.29 is 4.39 Å². The summed E-state index contributed by atoms with van der Waals surface area (Å²) in [7, 11) is 0. The van der Waals surface area contributed by atoms with Gasteiger partial charge in [-0.05, 0) is 29.8 Å². The van der Waals surface area contributed by atoms with E-state index in [-0.39, 0.29) is 5.82 Å². The summed E-state index contributed by atoms with van der Waals surface area (Å²) < 4.78 is 17.2. The van der Waals surface area contributed by atoms with Gasteiger partial charge in [-0.1, -0.05) is 57.2 Å². The average Bonchev–Trinajstić information content (AvgIpc) is 3.05. The van der Waals surface area contributed by atoms with E-state index < -0.39 is 0 Å². The number of rotatable bonds is 3. The Balaban J connectivity index is 1.69. The first-order chi connectivity index (χ1) is 10.7. The predicted octanol–water partition coefficient (Wildman–Crippen LogP) is 5.14. The Bertz CT molecular complexity index is 979. The predicted molar refractivity (Wildman–Crippen MR) is 92.0 cm³/mol. The van der Waals surface area contributed by atoms with Crippen molar-refractivity contribution in [3.8, 4) is 0 Å². The maximum atomic E-state index is 13.1. The topological polar surface area (TPSA) is 30.2 Å². The van der Waals surface area contributed by atoms with E-state index in [9.17, 15) is 4.39 Å². The normalized spacial score (nSPS) is 11.5. The van der Waals surface area contributed by atoms with Crippen LogP contribution >= 0.6 is 39.0 Å². The van der Waals surface area contributed by atoms with Crippen LogP contribution in [0, 0.1) is 5.82 Å². The third kappa shape index (κ3) is 2.43. The summed E-state index contributed by atoms with van der Waals surface area (Å²) in [6.45, 7) is 0. The number of halogens is 2. The molecule has 4 aromatic rings. The summed E-state index contributed by atoms with van der Waals surface area (Å²) in [5.41, 5.74) is 2.15. The van der Waals surface area contributed by atoms with E-state index in [1.54, 1.807) is 29.2 Å². The van der Waals surface area contributed by atoms with Gasteiger partial charge < -0.3 is 0 Å². The fourth-order valence-electron chi connectivity index (χ4n) is 2.23. The Morgan fingerprint density at radius 3 is 2.91 bits per heavy atom. The number of thioether (sulfide) groups is 1. The van der Waals surface area contributed by atoms with Crippen molar-refractivity contribution in [1.82, 2.24) is 14.6 Å². The van der Waals surface area contributed by atoms with Crippen LogP contribution in [0.5, 0.6) is 0 Å². The Labute approximate surface area is 142 Å². The zero-order chi connectivity index (χ0) is 15.1. The maximum Gasteiger partial charge on any atom is 0.217 e. The van der Waals surface area contributed by atoms with Crippen molar-refractivity contribution in [2.45, 2.75) is 10.9 Å². The van der Waals surface area contributed by atoms with Gasteiger partial charge in [-0.2, -0.15) is 0 Å². The monoisotopic (exact) mass is 393 g/mol. The van der Waals surface area contributed by atoms with E-state index in [1.807, 2.05) is 12.1 Å². The molecule has 0 saturated heterocycles. The van der Waals surface area contributed by atoms with E-state index >= 15 is 0 Å². The van der Waals surface area contributed by atoms with Crippen LogP contribution in [0.25, 0.3) is 15.2 Å². The summed E-state index contributed by atoms with van der Waals surface area (Å²) >= 11 is 6.62. The first-order valence-electron chi connectivity index (χ1n) is 6.52. The maximum absolute atomic E-state index is 13.1. The van der Waals surface area contributed by atoms with Crippen LogP contribution in [0.3, 0.4) is 0 Å². The molecule has 0 unspecified atom stereocenters. The van der Waals surface area contributed by atoms with Gasteiger partial charge in [-0.3, -0.25) is 4.40 Å². The van der Waals surface area contributed by atoms with Gasteiger partial charge in [0.1, 0.15) is 5.82 Å². The number of para-hydroxylation sites is 1. The Hall–Kier alpha value is -1.44. The molecule has 0 saturated carbocycles. The highest BCUT2D eigenvalue weighted by Gasteiger charge is 2.13. The quantitative estimate of drug-likeness (QED) is 0.451. The Kier molecular flexibility index (Phi) is 3.63. The minimum atomic E-state index is -0.241. The molecule has 7 heteroatoms. The molecule has 110 valence electrons. The Morgan fingerprint density at radius 2 is 2.05 bits per heavy atom. The van der Waals surface area contributed by atoms with E-state index in [0.717, 1.165) is 25.7 Å². The highest BCUT2D eigenvalue weighted by Crippen LogP contribution is 2.32. The molecule has 0 aliphatic carbocycles. The van der Waals surface area contributed by atoms with Gasteiger partial charge in [0.15, 0.2) is 5.16 Å². The number of thiazole rings is 1. The number of hydrogen-bond acceptors (Lipinski definition) is 4. The van der Waals surface area contributed by atoms with Crippen molar-refractivity contribution in [1.29, 1.82) is 0 Å². The number of aromatic nitrogens is 3. The minimum Gasteiger partial charge on any atom is -0.260 e. The van der Waals surface area contributed by atoms with Crippen LogP contribution in [-0.4, -0.2) is 14.6 Å². The largest absolute Gasteiger partial charge is 0.260 e. The molecular weight excluding hydrogens is 385 g/mol. The average molecular weight is 394 g/mol. The Morgan fingerprint density at radius 1 is 1.18 bits per heavy atom. The number of nitrogens with zero attached hydrogens (tertiary/aromatic N) is 3. The van der Waals surface area contributed by atoms with Crippen molar-refractivity contribution in [3.05, 3.63) is 58.3 Å². The van der Waals surface area contributed by atoms with Crippen LogP contribution in [0.1, 0.15) is 5.56 Å². The van der Waals surface area contributed by atoms with Gasteiger partial charge in [0.25, 0.3) is 0 Å². The molecule has 2 aromatic carbocycles. The lowest BCUT2D eigenvalue weighted by molar-refractivity contribution is 0.626. The second kappa shape index (κ2) is 5.64. The van der Waals surface area contributed by atoms with E-state index in [0.29, 0.717) is 5.75 Å². The number of benzene rings is 2. The lowest BCUT2D eigenvalue weighted by atomic mass is 10.2. The molecule has 0 N–H and O–H groups in total. The molecule has 2 heterocycles. The molecular formula is C15H9BrFN3S2. The van der Waals surface area contributed by atoms with Crippen LogP contribution in [0.4, 0.5) is 4.39 Å². The van der Waals surface area contributed by atoms with E-state index in [2.05, 4.69) is 42.7 Å². The molecule has 0 amide bonds. The van der Waals surface area contributed by atoms with Crippen LogP contribution in [-0.2, 0) is 5.75 Å². The lowest BCUT2D eigenvalue weighted by Gasteiger charge is -2.03. The zero-order valence-corrected chi connectivity index (χ0v) is 14.4. The van der Waals surface area contributed by atoms with E-state index in [4.69, 9.17) is 0 Å². The molecule has 0 aliphatic rings. The highest BCUT2D eigenvalue weighted by atomic mass is 79.9. The van der Waals surface area contributed by atoms with Gasteiger partial charge >= 0.3 is 0 Å². The molecule has 22 heavy (non-hydrogen) atoms. The van der Waals surface area contributed by atoms with Crippen LogP contribution in [0.2, 0.25) is 0 Å². The molecule has 0 aliphatic heterocycles. The number of fused-ring (bicyclic) bond motifs is 3. The molecule has 2 aromatic heterocycles. The van der Waals surface area contributed by atoms with Crippen LogP contribution in [0.15, 0.2) is 52.1 Å². The molecule has 3 nitrogen and oxygen atoms in total. The van der Waals surface area contributed by atoms with Gasteiger partial charge in [0.2, 0.25) is 4.96 Å². The van der Waals surface area contributed by atoms with Crippen molar-refractivity contribution in [3.63, 3.8) is 0 Å². The molecule has 0 bridgehead atoms. The van der Waals surface area contributed by atoms with Gasteiger partial charge in [-0.25, -0.2) is 4.39 Å². The fourth-order valence-corrected chi connectivity index (χ4v) is 4.88. The molecule has 0 atom stereocenters. The standard InChI is InChI=1S/C15H9BrFN3S2/c16-11-7-10(17)6-5-9(11)8-21-14-18-19-15-20(14)12-3-1-2-4-13(12)22-15/h1-7H,8H2. The molecule has 0 spiro atoms. The molecule has 0 radical (unpaired) electrons. The summed E-state index contributed by atoms with van der Waals surface area (Å²) in [5.74, 6) is 0.459. The fraction of sp³-hybridized carbons (Fsp3) is 0.0667. The molecule has 0 fully saturated rings. The summed E-state index contributed by atoms with van der Waals surface area (Å²) in [6.07, 6.45) is 0. The van der Waals surface area contributed by atoms with Crippen molar-refractivity contribution in [2.24, 2.45) is 0 Å². The van der Waals surface area contributed by atoms with Gasteiger partial charge in [-0.15, -0.1) is 10.2 Å². The number of hydrogen-bond donors (Lipinski definition) is 0. The second-order valence-corrected chi connectivity index (χ2v) is 7.50. The zero-order valence-electron chi connectivity index (χ0n) is 11.2. The summed E-state index contributed by atoms with van der Waals surface area (Å²) in [6, 6.07) is 12.9. The van der Waals surface area contributed by atoms with Crippen molar-refractivity contribution in [2.75, 3.05) is 0 Å². The lowest BCUT2D eigenvalue weighted by Crippen LogP contribution is -1.89. The highest BCUT2D eigenvalue weighted by molar-refractivity contribution is 9.10. The van der Waals surface area contributed by atoms with Gasteiger partial charge in [0.05, 0.1) is 10.2 Å². The molecule has 4 rings (SSSR count). The third-order valence-electron chi connectivity index (χ3n) is 3.28. The summed E-state index contributed by atoms with van der Waals surface area (Å²) in [4.78, 5) is 0.891. The van der Waals surface area contributed by atoms with Crippen molar-refractivity contribution >= 4 is 54.2 Å². The van der Waals surface area contributed by atoms with Gasteiger partial charge in [0, 0.05) is 10.2 Å². The smallest absolute Gasteiger partial charge is 0.217 e.